The highest BCUT2D eigenvalue weighted by molar-refractivity contribution is 7.99. The molecule has 0 bridgehead atoms. The largest absolute Gasteiger partial charge is 0.376 e. The summed E-state index contributed by atoms with van der Waals surface area (Å²) in [4.78, 5) is 24.3. The van der Waals surface area contributed by atoms with Crippen LogP contribution in [0.2, 0.25) is 0 Å². The molecule has 2 aromatic heterocycles. The predicted octanol–water partition coefficient (Wildman–Crippen LogP) is 4.13. The van der Waals surface area contributed by atoms with E-state index in [-0.39, 0.29) is 29.1 Å². The summed E-state index contributed by atoms with van der Waals surface area (Å²) in [6, 6.07) is 8.14. The van der Waals surface area contributed by atoms with Crippen LogP contribution in [0.4, 0.5) is 11.4 Å². The highest BCUT2D eigenvalue weighted by Crippen LogP contribution is 2.29. The minimum Gasteiger partial charge on any atom is -0.376 e. The van der Waals surface area contributed by atoms with Crippen LogP contribution in [-0.4, -0.2) is 44.1 Å². The van der Waals surface area contributed by atoms with Gasteiger partial charge in [-0.05, 0) is 31.9 Å². The quantitative estimate of drug-likeness (QED) is 0.306. The summed E-state index contributed by atoms with van der Waals surface area (Å²) in [7, 11) is 0. The number of nitro groups is 1. The molecule has 1 fully saturated rings. The molecule has 4 rings (SSSR count). The van der Waals surface area contributed by atoms with Crippen LogP contribution in [-0.2, 0) is 16.1 Å². The van der Waals surface area contributed by atoms with E-state index in [2.05, 4.69) is 21.6 Å². The maximum Gasteiger partial charge on any atom is 0.292 e. The smallest absolute Gasteiger partial charge is 0.292 e. The van der Waals surface area contributed by atoms with Gasteiger partial charge in [0.05, 0.1) is 23.3 Å². The van der Waals surface area contributed by atoms with E-state index < -0.39 is 4.92 Å². The number of benzene rings is 1. The monoisotopic (exact) mass is 459 g/mol. The second kappa shape index (κ2) is 9.58. The van der Waals surface area contributed by atoms with Crippen molar-refractivity contribution in [3.8, 4) is 11.4 Å². The third-order valence-corrected chi connectivity index (χ3v) is 6.65. The van der Waals surface area contributed by atoms with Crippen molar-refractivity contribution in [3.63, 3.8) is 0 Å². The standard InChI is InChI=1S/C20H21N5O4S2/c1-13-9-14(11-30-13)19-22-23-20(24(19)10-15-5-4-8-29-15)31-12-18(26)21-16-6-2-3-7-17(16)25(27)28/h2-3,6-7,9,11,15H,4-5,8,10,12H2,1H3,(H,21,26). The van der Waals surface area contributed by atoms with Crippen LogP contribution in [0, 0.1) is 17.0 Å². The first-order valence-electron chi connectivity index (χ1n) is 9.77. The van der Waals surface area contributed by atoms with E-state index in [0.29, 0.717) is 11.7 Å². The van der Waals surface area contributed by atoms with Crippen LogP contribution < -0.4 is 5.32 Å². The molecule has 1 aliphatic rings. The molecule has 0 saturated carbocycles. The molecule has 0 radical (unpaired) electrons. The average Bonchev–Trinajstić information content (AvgIpc) is 3.49. The van der Waals surface area contributed by atoms with Gasteiger partial charge in [0.15, 0.2) is 11.0 Å². The van der Waals surface area contributed by atoms with Crippen LogP contribution >= 0.6 is 23.1 Å². The van der Waals surface area contributed by atoms with Gasteiger partial charge in [-0.1, -0.05) is 23.9 Å². The first-order valence-corrected chi connectivity index (χ1v) is 11.6. The molecule has 3 heterocycles. The van der Waals surface area contributed by atoms with Crippen LogP contribution in [0.5, 0.6) is 0 Å². The second-order valence-corrected chi connectivity index (χ2v) is 9.17. The molecule has 1 unspecified atom stereocenters. The fraction of sp³-hybridized carbons (Fsp3) is 0.350. The second-order valence-electron chi connectivity index (χ2n) is 7.11. The van der Waals surface area contributed by atoms with Gasteiger partial charge in [0, 0.05) is 28.5 Å². The van der Waals surface area contributed by atoms with Crippen molar-refractivity contribution in [3.05, 3.63) is 50.7 Å². The molecule has 0 spiro atoms. The molecule has 1 saturated heterocycles. The van der Waals surface area contributed by atoms with E-state index >= 15 is 0 Å². The number of thiophene rings is 1. The number of nitrogens with zero attached hydrogens (tertiary/aromatic N) is 4. The normalized spacial score (nSPS) is 15.8. The van der Waals surface area contributed by atoms with Crippen molar-refractivity contribution in [1.29, 1.82) is 0 Å². The van der Waals surface area contributed by atoms with E-state index in [4.69, 9.17) is 4.74 Å². The summed E-state index contributed by atoms with van der Waals surface area (Å²) in [6.45, 7) is 3.41. The van der Waals surface area contributed by atoms with Crippen LogP contribution in [0.15, 0.2) is 40.9 Å². The Kier molecular flexibility index (Phi) is 6.64. The number of thioether (sulfide) groups is 1. The molecule has 3 aromatic rings. The number of amides is 1. The van der Waals surface area contributed by atoms with Gasteiger partial charge in [-0.15, -0.1) is 21.5 Å². The third-order valence-electron chi connectivity index (χ3n) is 4.82. The summed E-state index contributed by atoms with van der Waals surface area (Å²) in [5.41, 5.74) is 1.02. The van der Waals surface area contributed by atoms with Gasteiger partial charge >= 0.3 is 0 Å². The van der Waals surface area contributed by atoms with Crippen molar-refractivity contribution < 1.29 is 14.5 Å². The lowest BCUT2D eigenvalue weighted by molar-refractivity contribution is -0.383. The number of hydrogen-bond acceptors (Lipinski definition) is 8. The summed E-state index contributed by atoms with van der Waals surface area (Å²) >= 11 is 2.89. The number of ether oxygens (including phenoxy) is 1. The Morgan fingerprint density at radius 3 is 2.97 bits per heavy atom. The van der Waals surface area contributed by atoms with Gasteiger partial charge in [-0.3, -0.25) is 19.5 Å². The molecule has 31 heavy (non-hydrogen) atoms. The number of hydrogen-bond donors (Lipinski definition) is 1. The Morgan fingerprint density at radius 2 is 2.26 bits per heavy atom. The molecule has 162 valence electrons. The van der Waals surface area contributed by atoms with Gasteiger partial charge < -0.3 is 10.1 Å². The number of carbonyl (C=O) groups excluding carboxylic acids is 1. The number of nitro benzene ring substituents is 1. The van der Waals surface area contributed by atoms with Crippen molar-refractivity contribution in [2.24, 2.45) is 0 Å². The highest BCUT2D eigenvalue weighted by Gasteiger charge is 2.23. The molecule has 11 heteroatoms. The van der Waals surface area contributed by atoms with E-state index in [1.54, 1.807) is 23.5 Å². The van der Waals surface area contributed by atoms with Gasteiger partial charge in [-0.25, -0.2) is 0 Å². The maximum absolute atomic E-state index is 12.5. The number of aryl methyl sites for hydroxylation is 1. The fourth-order valence-electron chi connectivity index (χ4n) is 3.38. The van der Waals surface area contributed by atoms with E-state index in [9.17, 15) is 14.9 Å². The topological polar surface area (TPSA) is 112 Å². The maximum atomic E-state index is 12.5. The van der Waals surface area contributed by atoms with Crippen molar-refractivity contribution in [2.75, 3.05) is 17.7 Å². The van der Waals surface area contributed by atoms with Crippen LogP contribution in [0.1, 0.15) is 17.7 Å². The minimum absolute atomic E-state index is 0.0539. The third kappa shape index (κ3) is 5.12. The number of carbonyl (C=O) groups is 1. The average molecular weight is 460 g/mol. The van der Waals surface area contributed by atoms with Gasteiger partial charge in [0.1, 0.15) is 5.69 Å². The lowest BCUT2D eigenvalue weighted by atomic mass is 10.2. The number of rotatable bonds is 8. The molecule has 1 aromatic carbocycles. The summed E-state index contributed by atoms with van der Waals surface area (Å²) < 4.78 is 7.79. The lowest BCUT2D eigenvalue weighted by Crippen LogP contribution is -2.18. The van der Waals surface area contributed by atoms with E-state index in [1.165, 1.54) is 28.8 Å². The Balaban J connectivity index is 1.49. The Morgan fingerprint density at radius 1 is 1.42 bits per heavy atom. The molecule has 1 amide bonds. The zero-order valence-corrected chi connectivity index (χ0v) is 18.4. The number of aromatic nitrogens is 3. The van der Waals surface area contributed by atoms with Gasteiger partial charge in [0.2, 0.25) is 5.91 Å². The first kappa shape index (κ1) is 21.5. The van der Waals surface area contributed by atoms with E-state index in [1.807, 2.05) is 16.9 Å². The highest BCUT2D eigenvalue weighted by atomic mass is 32.2. The SMILES string of the molecule is Cc1cc(-c2nnc(SCC(=O)Nc3ccccc3[N+](=O)[O-])n2CC2CCCO2)cs1. The zero-order valence-electron chi connectivity index (χ0n) is 16.8. The summed E-state index contributed by atoms with van der Waals surface area (Å²) in [6.07, 6.45) is 2.10. The molecule has 9 nitrogen and oxygen atoms in total. The minimum atomic E-state index is -0.518. The number of nitrogens with one attached hydrogen (secondary N) is 1. The van der Waals surface area contributed by atoms with Crippen molar-refractivity contribution in [2.45, 2.75) is 37.6 Å². The molecule has 0 aliphatic carbocycles. The van der Waals surface area contributed by atoms with Crippen molar-refractivity contribution in [1.82, 2.24) is 14.8 Å². The first-order chi connectivity index (χ1) is 15.0. The lowest BCUT2D eigenvalue weighted by Gasteiger charge is -2.14. The predicted molar refractivity (Wildman–Crippen MR) is 119 cm³/mol. The summed E-state index contributed by atoms with van der Waals surface area (Å²) in [5, 5.41) is 25.1. The van der Waals surface area contributed by atoms with Crippen molar-refractivity contribution >= 4 is 40.4 Å². The van der Waals surface area contributed by atoms with Crippen LogP contribution in [0.25, 0.3) is 11.4 Å². The molecule has 1 N–H and O–H groups in total. The summed E-state index contributed by atoms with van der Waals surface area (Å²) in [5.74, 6) is 0.457. The Hall–Kier alpha value is -2.76. The van der Waals surface area contributed by atoms with Gasteiger partial charge in [-0.2, -0.15) is 0 Å². The van der Waals surface area contributed by atoms with E-state index in [0.717, 1.165) is 30.8 Å². The zero-order chi connectivity index (χ0) is 21.8. The molecular formula is C20H21N5O4S2. The number of para-hydroxylation sites is 2. The van der Waals surface area contributed by atoms with Crippen LogP contribution in [0.3, 0.4) is 0 Å². The van der Waals surface area contributed by atoms with Gasteiger partial charge in [0.25, 0.3) is 5.69 Å². The molecular weight excluding hydrogens is 438 g/mol. The molecule has 1 atom stereocenters. The fourth-order valence-corrected chi connectivity index (χ4v) is 4.81. The Labute approximate surface area is 187 Å². The number of anilines is 1. The molecule has 1 aliphatic heterocycles. The Bertz CT molecular complexity index is 1090.